The number of rotatable bonds is 5. The van der Waals surface area contributed by atoms with Gasteiger partial charge in [0.1, 0.15) is 0 Å². The van der Waals surface area contributed by atoms with Crippen LogP contribution in [-0.2, 0) is 14.6 Å². The molecule has 0 radical (unpaired) electrons. The summed E-state index contributed by atoms with van der Waals surface area (Å²) in [5.41, 5.74) is 0.693. The van der Waals surface area contributed by atoms with E-state index in [9.17, 15) is 13.2 Å². The molecule has 118 valence electrons. The Morgan fingerprint density at radius 2 is 1.76 bits per heavy atom. The molecule has 0 saturated heterocycles. The molecule has 0 aromatic heterocycles. The number of sulfone groups is 1. The minimum absolute atomic E-state index is 0.0101. The van der Waals surface area contributed by atoms with E-state index in [2.05, 4.69) is 0 Å². The van der Waals surface area contributed by atoms with E-state index in [4.69, 9.17) is 9.84 Å². The van der Waals surface area contributed by atoms with Crippen LogP contribution in [-0.4, -0.2) is 37.5 Å². The topological polar surface area (TPSA) is 80.7 Å². The highest BCUT2D eigenvalue weighted by Crippen LogP contribution is 2.22. The first-order chi connectivity index (χ1) is 9.44. The SMILES string of the molecule is Cc1cc(C)c(S(=O)(=O)CCOC(C)(C)C)cc1C(=O)O. The number of carbonyl (C=O) groups is 1. The van der Waals surface area contributed by atoms with E-state index in [0.717, 1.165) is 0 Å². The van der Waals surface area contributed by atoms with E-state index in [1.807, 2.05) is 20.8 Å². The predicted molar refractivity (Wildman–Crippen MR) is 80.6 cm³/mol. The zero-order valence-corrected chi connectivity index (χ0v) is 13.9. The molecule has 1 rings (SSSR count). The molecule has 0 spiro atoms. The summed E-state index contributed by atoms with van der Waals surface area (Å²) in [4.78, 5) is 11.2. The lowest BCUT2D eigenvalue weighted by atomic mass is 10.1. The quantitative estimate of drug-likeness (QED) is 0.903. The second-order valence-corrected chi connectivity index (χ2v) is 8.10. The lowest BCUT2D eigenvalue weighted by molar-refractivity contribution is 0.00644. The minimum atomic E-state index is -3.57. The summed E-state index contributed by atoms with van der Waals surface area (Å²) in [7, 11) is -3.57. The monoisotopic (exact) mass is 314 g/mol. The highest BCUT2D eigenvalue weighted by atomic mass is 32.2. The lowest BCUT2D eigenvalue weighted by Crippen LogP contribution is -2.24. The van der Waals surface area contributed by atoms with Gasteiger partial charge >= 0.3 is 5.97 Å². The van der Waals surface area contributed by atoms with Crippen molar-refractivity contribution in [2.24, 2.45) is 0 Å². The highest BCUT2D eigenvalue weighted by molar-refractivity contribution is 7.91. The predicted octanol–water partition coefficient (Wildman–Crippen LogP) is 2.59. The smallest absolute Gasteiger partial charge is 0.335 e. The van der Waals surface area contributed by atoms with E-state index < -0.39 is 21.4 Å². The van der Waals surface area contributed by atoms with Gasteiger partial charge < -0.3 is 9.84 Å². The lowest BCUT2D eigenvalue weighted by Gasteiger charge is -2.19. The fraction of sp³-hybridized carbons (Fsp3) is 0.533. The van der Waals surface area contributed by atoms with Crippen LogP contribution < -0.4 is 0 Å². The van der Waals surface area contributed by atoms with Crippen LogP contribution >= 0.6 is 0 Å². The first-order valence-corrected chi connectivity index (χ1v) is 8.30. The maximum Gasteiger partial charge on any atom is 0.335 e. The number of carboxylic acids is 1. The first kappa shape index (κ1) is 17.7. The third-order valence-corrected chi connectivity index (χ3v) is 4.79. The van der Waals surface area contributed by atoms with Crippen molar-refractivity contribution in [3.05, 3.63) is 28.8 Å². The summed E-state index contributed by atoms with van der Waals surface area (Å²) in [6, 6.07) is 2.82. The second-order valence-electron chi connectivity index (χ2n) is 6.02. The number of carboxylic acid groups (broad SMARTS) is 1. The van der Waals surface area contributed by atoms with Crippen LogP contribution in [0.4, 0.5) is 0 Å². The Morgan fingerprint density at radius 3 is 2.24 bits per heavy atom. The van der Waals surface area contributed by atoms with Crippen molar-refractivity contribution < 1.29 is 23.1 Å². The molecule has 5 nitrogen and oxygen atoms in total. The molecule has 6 heteroatoms. The van der Waals surface area contributed by atoms with E-state index in [-0.39, 0.29) is 22.8 Å². The Morgan fingerprint density at radius 1 is 1.19 bits per heavy atom. The van der Waals surface area contributed by atoms with Crippen LogP contribution in [0.15, 0.2) is 17.0 Å². The van der Waals surface area contributed by atoms with Crippen LogP contribution in [0.2, 0.25) is 0 Å². The Bertz CT molecular complexity index is 639. The minimum Gasteiger partial charge on any atom is -0.478 e. The molecule has 0 saturated carbocycles. The summed E-state index contributed by atoms with van der Waals surface area (Å²) in [5, 5.41) is 9.11. The fourth-order valence-corrected chi connectivity index (χ4v) is 3.33. The molecule has 0 unspecified atom stereocenters. The summed E-state index contributed by atoms with van der Waals surface area (Å²) in [6.07, 6.45) is 0. The largest absolute Gasteiger partial charge is 0.478 e. The van der Waals surface area contributed by atoms with Gasteiger partial charge in [0.25, 0.3) is 0 Å². The normalized spacial score (nSPS) is 12.4. The average Bonchev–Trinajstić information content (AvgIpc) is 2.25. The number of hydrogen-bond acceptors (Lipinski definition) is 4. The van der Waals surface area contributed by atoms with Crippen LogP contribution in [0.3, 0.4) is 0 Å². The van der Waals surface area contributed by atoms with Crippen molar-refractivity contribution in [2.75, 3.05) is 12.4 Å². The molecule has 0 fully saturated rings. The fourth-order valence-electron chi connectivity index (χ4n) is 1.97. The van der Waals surface area contributed by atoms with Gasteiger partial charge in [-0.3, -0.25) is 0 Å². The summed E-state index contributed by atoms with van der Waals surface area (Å²) in [6.45, 7) is 8.92. The second kappa shape index (κ2) is 6.15. The maximum atomic E-state index is 12.4. The van der Waals surface area contributed by atoms with Crippen LogP contribution in [0.25, 0.3) is 0 Å². The van der Waals surface area contributed by atoms with Gasteiger partial charge in [0, 0.05) is 0 Å². The van der Waals surface area contributed by atoms with E-state index in [0.29, 0.717) is 11.1 Å². The van der Waals surface area contributed by atoms with Gasteiger partial charge in [-0.05, 0) is 51.8 Å². The van der Waals surface area contributed by atoms with Crippen molar-refractivity contribution in [1.82, 2.24) is 0 Å². The number of aromatic carboxylic acids is 1. The zero-order chi connectivity index (χ0) is 16.4. The molecule has 0 bridgehead atoms. The number of hydrogen-bond donors (Lipinski definition) is 1. The van der Waals surface area contributed by atoms with Crippen LogP contribution in [0.5, 0.6) is 0 Å². The van der Waals surface area contributed by atoms with Crippen molar-refractivity contribution >= 4 is 15.8 Å². The summed E-state index contributed by atoms with van der Waals surface area (Å²) >= 11 is 0. The van der Waals surface area contributed by atoms with Crippen molar-refractivity contribution in [2.45, 2.75) is 45.1 Å². The van der Waals surface area contributed by atoms with E-state index >= 15 is 0 Å². The molecule has 1 N–H and O–H groups in total. The molecule has 1 aromatic rings. The molecular formula is C15H22O5S. The van der Waals surface area contributed by atoms with Gasteiger partial charge in [-0.2, -0.15) is 0 Å². The standard InChI is InChI=1S/C15H22O5S/c1-10-8-11(2)13(9-12(10)14(16)17)21(18,19)7-6-20-15(3,4)5/h8-9H,6-7H2,1-5H3,(H,16,17). The van der Waals surface area contributed by atoms with Gasteiger partial charge in [0.2, 0.25) is 0 Å². The van der Waals surface area contributed by atoms with Gasteiger partial charge in [-0.15, -0.1) is 0 Å². The number of benzene rings is 1. The van der Waals surface area contributed by atoms with E-state index in [1.165, 1.54) is 6.07 Å². The third kappa shape index (κ3) is 4.82. The zero-order valence-electron chi connectivity index (χ0n) is 13.1. The van der Waals surface area contributed by atoms with Gasteiger partial charge in [-0.1, -0.05) is 6.07 Å². The molecule has 1 aromatic carbocycles. The Kier molecular flexibility index (Phi) is 5.17. The average molecular weight is 314 g/mol. The maximum absolute atomic E-state index is 12.4. The van der Waals surface area contributed by atoms with E-state index in [1.54, 1.807) is 19.9 Å². The Labute approximate surface area is 125 Å². The van der Waals surface area contributed by atoms with Crippen molar-refractivity contribution in [3.8, 4) is 0 Å². The summed E-state index contributed by atoms with van der Waals surface area (Å²) in [5.74, 6) is -1.30. The molecule has 0 aliphatic rings. The third-order valence-electron chi connectivity index (χ3n) is 2.97. The molecule has 21 heavy (non-hydrogen) atoms. The molecule has 0 atom stereocenters. The molecule has 0 aliphatic carbocycles. The first-order valence-electron chi connectivity index (χ1n) is 6.65. The van der Waals surface area contributed by atoms with Gasteiger partial charge in [0.15, 0.2) is 9.84 Å². The number of aryl methyl sites for hydroxylation is 2. The molecule has 0 amide bonds. The number of ether oxygens (including phenoxy) is 1. The molecule has 0 heterocycles. The molecular weight excluding hydrogens is 292 g/mol. The van der Waals surface area contributed by atoms with Gasteiger partial charge in [-0.25, -0.2) is 13.2 Å². The Hall–Kier alpha value is -1.40. The summed E-state index contributed by atoms with van der Waals surface area (Å²) < 4.78 is 30.1. The van der Waals surface area contributed by atoms with Crippen LogP contribution in [0, 0.1) is 13.8 Å². The van der Waals surface area contributed by atoms with Crippen molar-refractivity contribution in [1.29, 1.82) is 0 Å². The highest BCUT2D eigenvalue weighted by Gasteiger charge is 2.22. The van der Waals surface area contributed by atoms with Gasteiger partial charge in [0.05, 0.1) is 28.4 Å². The van der Waals surface area contributed by atoms with Crippen LogP contribution in [0.1, 0.15) is 42.3 Å². The Balaban J connectivity index is 3.08. The van der Waals surface area contributed by atoms with Crippen molar-refractivity contribution in [3.63, 3.8) is 0 Å². The molecule has 0 aliphatic heterocycles.